The van der Waals surface area contributed by atoms with Crippen LogP contribution >= 0.6 is 11.6 Å². The van der Waals surface area contributed by atoms with E-state index in [2.05, 4.69) is 26.8 Å². The second kappa shape index (κ2) is 8.79. The average molecular weight is 450 g/mol. The molecule has 0 saturated heterocycles. The van der Waals surface area contributed by atoms with Gasteiger partial charge in [0, 0.05) is 24.4 Å². The topological polar surface area (TPSA) is 130 Å². The monoisotopic (exact) mass is 449 g/mol. The van der Waals surface area contributed by atoms with Crippen molar-refractivity contribution < 1.29 is 9.66 Å². The molecule has 0 aliphatic heterocycles. The molecule has 0 unspecified atom stereocenters. The van der Waals surface area contributed by atoms with Crippen molar-refractivity contribution in [1.29, 1.82) is 5.26 Å². The van der Waals surface area contributed by atoms with Crippen LogP contribution in [0, 0.1) is 21.4 Å². The highest BCUT2D eigenvalue weighted by atomic mass is 35.5. The van der Waals surface area contributed by atoms with Crippen LogP contribution in [-0.2, 0) is 6.54 Å². The number of benzene rings is 2. The molecule has 0 aliphatic rings. The van der Waals surface area contributed by atoms with E-state index in [1.165, 1.54) is 22.8 Å². The first-order chi connectivity index (χ1) is 15.5. The second-order valence-electron chi connectivity index (χ2n) is 6.65. The number of nitro groups is 1. The number of ether oxygens (including phenoxy) is 1. The number of nitrogens with one attached hydrogen (secondary N) is 2. The average Bonchev–Trinajstić information content (AvgIpc) is 3.18. The number of non-ortho nitro benzene ring substituents is 1. The van der Waals surface area contributed by atoms with Gasteiger partial charge in [-0.15, -0.1) is 0 Å². The van der Waals surface area contributed by atoms with E-state index in [9.17, 15) is 15.4 Å². The zero-order valence-corrected chi connectivity index (χ0v) is 17.5. The highest BCUT2D eigenvalue weighted by Gasteiger charge is 2.19. The van der Waals surface area contributed by atoms with E-state index in [1.54, 1.807) is 19.2 Å². The fraction of sp³-hybridized carbons (Fsp3) is 0.0952. The highest BCUT2D eigenvalue weighted by molar-refractivity contribution is 6.33. The number of rotatable bonds is 7. The van der Waals surface area contributed by atoms with Gasteiger partial charge in [0.05, 0.1) is 18.2 Å². The molecule has 2 aromatic carbocycles. The van der Waals surface area contributed by atoms with Gasteiger partial charge in [-0.2, -0.15) is 14.9 Å². The van der Waals surface area contributed by atoms with Gasteiger partial charge in [0.2, 0.25) is 0 Å². The van der Waals surface area contributed by atoms with Gasteiger partial charge in [0.1, 0.15) is 22.4 Å². The zero-order valence-electron chi connectivity index (χ0n) is 16.7. The lowest BCUT2D eigenvalue weighted by Crippen LogP contribution is -2.10. The van der Waals surface area contributed by atoms with Crippen molar-refractivity contribution in [3.8, 4) is 11.8 Å². The number of anilines is 3. The number of halogens is 1. The quantitative estimate of drug-likeness (QED) is 0.311. The summed E-state index contributed by atoms with van der Waals surface area (Å²) in [7, 11) is 1.60. The molecular formula is C21H16ClN7O3. The fourth-order valence-corrected chi connectivity index (χ4v) is 3.21. The van der Waals surface area contributed by atoms with Crippen LogP contribution in [0.25, 0.3) is 5.65 Å². The molecule has 10 nitrogen and oxygen atoms in total. The third-order valence-corrected chi connectivity index (χ3v) is 4.94. The normalized spacial score (nSPS) is 10.5. The van der Waals surface area contributed by atoms with Crippen molar-refractivity contribution in [1.82, 2.24) is 14.6 Å². The summed E-state index contributed by atoms with van der Waals surface area (Å²) in [6, 6.07) is 15.5. The van der Waals surface area contributed by atoms with E-state index in [1.807, 2.05) is 24.3 Å². The van der Waals surface area contributed by atoms with E-state index in [4.69, 9.17) is 16.3 Å². The number of hydrogen-bond donors (Lipinski definition) is 2. The molecule has 4 aromatic rings. The molecular weight excluding hydrogens is 434 g/mol. The Bertz CT molecular complexity index is 1330. The van der Waals surface area contributed by atoms with Gasteiger partial charge in [-0.05, 0) is 29.8 Å². The van der Waals surface area contributed by atoms with Crippen molar-refractivity contribution in [2.75, 3.05) is 17.7 Å². The van der Waals surface area contributed by atoms with Crippen LogP contribution in [0.15, 0.2) is 54.7 Å². The summed E-state index contributed by atoms with van der Waals surface area (Å²) in [6.07, 6.45) is 1.43. The molecule has 0 atom stereocenters. The second-order valence-corrected chi connectivity index (χ2v) is 7.06. The molecule has 11 heteroatoms. The first kappa shape index (κ1) is 20.9. The van der Waals surface area contributed by atoms with Crippen LogP contribution in [0.4, 0.5) is 23.0 Å². The predicted molar refractivity (Wildman–Crippen MR) is 119 cm³/mol. The summed E-state index contributed by atoms with van der Waals surface area (Å²) >= 11 is 6.25. The zero-order chi connectivity index (χ0) is 22.7. The smallest absolute Gasteiger partial charge is 0.269 e. The lowest BCUT2D eigenvalue weighted by Gasteiger charge is -2.14. The third kappa shape index (κ3) is 4.10. The number of fused-ring (bicyclic) bond motifs is 1. The highest BCUT2D eigenvalue weighted by Crippen LogP contribution is 2.30. The van der Waals surface area contributed by atoms with Crippen molar-refractivity contribution in [3.05, 3.63) is 81.0 Å². The maximum Gasteiger partial charge on any atom is 0.269 e. The summed E-state index contributed by atoms with van der Waals surface area (Å²) in [4.78, 5) is 14.9. The van der Waals surface area contributed by atoms with Gasteiger partial charge in [-0.3, -0.25) is 10.1 Å². The number of aromatic nitrogens is 3. The minimum Gasteiger partial charge on any atom is -0.497 e. The number of nitrogens with zero attached hydrogens (tertiary/aromatic N) is 5. The summed E-state index contributed by atoms with van der Waals surface area (Å²) in [6.45, 7) is 0.407. The number of methoxy groups -OCH3 is 1. The minimum atomic E-state index is -0.483. The Morgan fingerprint density at radius 1 is 1.22 bits per heavy atom. The molecule has 160 valence electrons. The van der Waals surface area contributed by atoms with Crippen LogP contribution < -0.4 is 15.4 Å². The summed E-state index contributed by atoms with van der Waals surface area (Å²) < 4.78 is 6.59. The Hall–Kier alpha value is -4.36. The molecule has 4 rings (SSSR count). The first-order valence-corrected chi connectivity index (χ1v) is 9.73. The van der Waals surface area contributed by atoms with Gasteiger partial charge in [0.25, 0.3) is 5.69 Å². The third-order valence-electron chi connectivity index (χ3n) is 4.68. The first-order valence-electron chi connectivity index (χ1n) is 9.35. The van der Waals surface area contributed by atoms with Gasteiger partial charge in [-0.25, -0.2) is 4.98 Å². The largest absolute Gasteiger partial charge is 0.497 e. The molecule has 0 bridgehead atoms. The molecule has 0 radical (unpaired) electrons. The molecule has 2 N–H and O–H groups in total. The Labute approximate surface area is 187 Å². The van der Waals surface area contributed by atoms with Crippen molar-refractivity contribution in [3.63, 3.8) is 0 Å². The van der Waals surface area contributed by atoms with Gasteiger partial charge < -0.3 is 15.4 Å². The summed E-state index contributed by atoms with van der Waals surface area (Å²) in [5.74, 6) is 1.39. The lowest BCUT2D eigenvalue weighted by atomic mass is 10.2. The Morgan fingerprint density at radius 3 is 2.56 bits per heavy atom. The summed E-state index contributed by atoms with van der Waals surface area (Å²) in [5, 5.41) is 31.6. The number of hydrogen-bond acceptors (Lipinski definition) is 8. The lowest BCUT2D eigenvalue weighted by molar-refractivity contribution is -0.384. The van der Waals surface area contributed by atoms with E-state index in [0.29, 0.717) is 34.5 Å². The Balaban J connectivity index is 1.70. The SMILES string of the molecule is COc1ccc(CNc2nc3c(Cl)cnn3c(Nc3ccc([N+](=O)[O-])cc3)c2C#N)cc1. The molecule has 0 spiro atoms. The molecule has 0 saturated carbocycles. The number of nitriles is 1. The predicted octanol–water partition coefficient (Wildman–Crippen LogP) is 4.53. The number of nitro benzene ring substituents is 1. The van der Waals surface area contributed by atoms with E-state index < -0.39 is 4.92 Å². The van der Waals surface area contributed by atoms with E-state index >= 15 is 0 Å². The fourth-order valence-electron chi connectivity index (χ4n) is 3.05. The minimum absolute atomic E-state index is 0.0417. The molecule has 2 aromatic heterocycles. The molecule has 32 heavy (non-hydrogen) atoms. The van der Waals surface area contributed by atoms with E-state index in [-0.39, 0.29) is 11.3 Å². The molecule has 0 fully saturated rings. The van der Waals surface area contributed by atoms with Crippen LogP contribution in [0.1, 0.15) is 11.1 Å². The molecule has 0 amide bonds. The van der Waals surface area contributed by atoms with Crippen molar-refractivity contribution in [2.45, 2.75) is 6.54 Å². The standard InChI is InChI=1S/C21H16ClN7O3/c1-32-16-8-2-13(3-9-16)11-24-19-17(10-23)20(28-21(27-19)18(22)12-25-28)26-14-4-6-15(7-5-14)29(30)31/h2-9,12,26H,11H2,1H3,(H,24,27). The maximum absolute atomic E-state index is 10.9. The Kier molecular flexibility index (Phi) is 5.74. The van der Waals surface area contributed by atoms with Crippen molar-refractivity contribution in [2.24, 2.45) is 0 Å². The van der Waals surface area contributed by atoms with Gasteiger partial charge >= 0.3 is 0 Å². The van der Waals surface area contributed by atoms with E-state index in [0.717, 1.165) is 11.3 Å². The van der Waals surface area contributed by atoms with Crippen LogP contribution in [-0.4, -0.2) is 26.6 Å². The Morgan fingerprint density at radius 2 is 1.94 bits per heavy atom. The van der Waals surface area contributed by atoms with Crippen LogP contribution in [0.2, 0.25) is 5.02 Å². The van der Waals surface area contributed by atoms with Crippen LogP contribution in [0.5, 0.6) is 5.75 Å². The van der Waals surface area contributed by atoms with Gasteiger partial charge in [-0.1, -0.05) is 23.7 Å². The summed E-state index contributed by atoms with van der Waals surface area (Å²) in [5.41, 5.74) is 2.02. The van der Waals surface area contributed by atoms with Crippen LogP contribution in [0.3, 0.4) is 0 Å². The molecule has 2 heterocycles. The molecule has 0 aliphatic carbocycles. The van der Waals surface area contributed by atoms with Gasteiger partial charge in [0.15, 0.2) is 17.3 Å². The van der Waals surface area contributed by atoms with Crippen molar-refractivity contribution >= 4 is 40.3 Å². The maximum atomic E-state index is 10.9.